The van der Waals surface area contributed by atoms with Crippen LogP contribution in [-0.4, -0.2) is 42.7 Å². The van der Waals surface area contributed by atoms with Gasteiger partial charge in [0.15, 0.2) is 23.0 Å². The molecule has 0 saturated heterocycles. The highest BCUT2D eigenvalue weighted by molar-refractivity contribution is 5.98. The van der Waals surface area contributed by atoms with Crippen molar-refractivity contribution in [3.63, 3.8) is 0 Å². The van der Waals surface area contributed by atoms with E-state index in [9.17, 15) is 9.59 Å². The van der Waals surface area contributed by atoms with Crippen LogP contribution in [0.15, 0.2) is 91.3 Å². The fraction of sp³-hybridized carbons (Fsp3) is 0.194. The lowest BCUT2D eigenvalue weighted by Crippen LogP contribution is -2.41. The highest BCUT2D eigenvalue weighted by atomic mass is 16.7. The van der Waals surface area contributed by atoms with E-state index in [1.807, 2.05) is 36.4 Å². The van der Waals surface area contributed by atoms with Crippen LogP contribution >= 0.6 is 0 Å². The third kappa shape index (κ3) is 5.99. The molecule has 204 valence electrons. The molecule has 40 heavy (non-hydrogen) atoms. The van der Waals surface area contributed by atoms with Gasteiger partial charge in [0.25, 0.3) is 5.91 Å². The van der Waals surface area contributed by atoms with Crippen molar-refractivity contribution in [2.24, 2.45) is 0 Å². The molecule has 0 bridgehead atoms. The Kier molecular flexibility index (Phi) is 8.10. The molecule has 1 N–H and O–H groups in total. The summed E-state index contributed by atoms with van der Waals surface area (Å²) in [6.45, 7) is 0.279. The number of hydrogen-bond donors (Lipinski definition) is 1. The van der Waals surface area contributed by atoms with Crippen molar-refractivity contribution in [3.05, 3.63) is 108 Å². The summed E-state index contributed by atoms with van der Waals surface area (Å²) in [5, 5.41) is 2.97. The summed E-state index contributed by atoms with van der Waals surface area (Å²) < 4.78 is 21.8. The topological polar surface area (TPSA) is 99.2 Å². The van der Waals surface area contributed by atoms with Crippen LogP contribution < -0.4 is 24.3 Å². The molecule has 0 saturated carbocycles. The first-order valence-electron chi connectivity index (χ1n) is 12.7. The Balaban J connectivity index is 1.56. The Hall–Kier alpha value is -5.05. The first-order chi connectivity index (χ1) is 19.6. The van der Waals surface area contributed by atoms with Crippen LogP contribution in [0.4, 0.5) is 5.69 Å². The van der Waals surface area contributed by atoms with Crippen LogP contribution in [0.1, 0.15) is 22.7 Å². The van der Waals surface area contributed by atoms with Crippen LogP contribution in [0, 0.1) is 0 Å². The average Bonchev–Trinajstić information content (AvgIpc) is 3.46. The standard InChI is InChI=1S/C31H29N3O6/c1-37-25-12-10-23(16-27(25)38-2)30(31(36)33-24-11-13-26-28(17-24)40-20-39-26)34(19-22-9-6-14-32-18-22)29(35)15-21-7-4-3-5-8-21/h3-14,16-18,30H,15,19-20H2,1-2H3,(H,33,36). The number of nitrogens with zero attached hydrogens (tertiary/aromatic N) is 2. The number of carbonyl (C=O) groups excluding carboxylic acids is 2. The molecule has 5 rings (SSSR count). The number of fused-ring (bicyclic) bond motifs is 1. The van der Waals surface area contributed by atoms with Gasteiger partial charge in [-0.2, -0.15) is 0 Å². The monoisotopic (exact) mass is 539 g/mol. The van der Waals surface area contributed by atoms with Gasteiger partial charge in [-0.25, -0.2) is 0 Å². The summed E-state index contributed by atoms with van der Waals surface area (Å²) >= 11 is 0. The number of pyridine rings is 1. The maximum Gasteiger partial charge on any atom is 0.251 e. The minimum atomic E-state index is -1.01. The average molecular weight is 540 g/mol. The van der Waals surface area contributed by atoms with E-state index in [4.69, 9.17) is 18.9 Å². The van der Waals surface area contributed by atoms with Crippen LogP contribution in [-0.2, 0) is 22.6 Å². The number of anilines is 1. The van der Waals surface area contributed by atoms with Gasteiger partial charge in [-0.05, 0) is 47.0 Å². The number of ether oxygens (including phenoxy) is 4. The lowest BCUT2D eigenvalue weighted by atomic mass is 10.0. The molecule has 0 radical (unpaired) electrons. The Bertz CT molecular complexity index is 1480. The van der Waals surface area contributed by atoms with Crippen LogP contribution in [0.5, 0.6) is 23.0 Å². The lowest BCUT2D eigenvalue weighted by Gasteiger charge is -2.32. The number of methoxy groups -OCH3 is 2. The normalized spacial score (nSPS) is 12.3. The minimum absolute atomic E-state index is 0.113. The summed E-state index contributed by atoms with van der Waals surface area (Å²) in [6, 6.07) is 22.5. The molecule has 0 spiro atoms. The number of benzene rings is 3. The van der Waals surface area contributed by atoms with E-state index in [1.165, 1.54) is 7.11 Å². The number of rotatable bonds is 10. The van der Waals surface area contributed by atoms with Gasteiger partial charge >= 0.3 is 0 Å². The second-order valence-corrected chi connectivity index (χ2v) is 9.12. The first kappa shape index (κ1) is 26.6. The fourth-order valence-electron chi connectivity index (χ4n) is 4.56. The Morgan fingerprint density at radius 1 is 0.900 bits per heavy atom. The second kappa shape index (κ2) is 12.2. The molecular weight excluding hydrogens is 510 g/mol. The summed E-state index contributed by atoms with van der Waals surface area (Å²) in [7, 11) is 3.07. The van der Waals surface area contributed by atoms with Crippen molar-refractivity contribution >= 4 is 17.5 Å². The van der Waals surface area contributed by atoms with E-state index in [1.54, 1.807) is 66.9 Å². The predicted molar refractivity (Wildman–Crippen MR) is 148 cm³/mol. The second-order valence-electron chi connectivity index (χ2n) is 9.12. The molecule has 1 aliphatic rings. The molecule has 1 atom stereocenters. The molecule has 9 heteroatoms. The van der Waals surface area contributed by atoms with Gasteiger partial charge in [0, 0.05) is 30.7 Å². The molecule has 0 fully saturated rings. The molecule has 1 aliphatic heterocycles. The molecular formula is C31H29N3O6. The number of carbonyl (C=O) groups is 2. The van der Waals surface area contributed by atoms with Crippen molar-refractivity contribution in [2.75, 3.05) is 26.3 Å². The molecule has 1 aromatic heterocycles. The van der Waals surface area contributed by atoms with Gasteiger partial charge < -0.3 is 29.2 Å². The van der Waals surface area contributed by atoms with Gasteiger partial charge in [0.05, 0.1) is 20.6 Å². The van der Waals surface area contributed by atoms with E-state index in [-0.39, 0.29) is 25.7 Å². The van der Waals surface area contributed by atoms with Crippen LogP contribution in [0.2, 0.25) is 0 Å². The summed E-state index contributed by atoms with van der Waals surface area (Å²) in [4.78, 5) is 33.8. The smallest absolute Gasteiger partial charge is 0.251 e. The van der Waals surface area contributed by atoms with Crippen molar-refractivity contribution in [2.45, 2.75) is 19.0 Å². The molecule has 3 aromatic carbocycles. The lowest BCUT2D eigenvalue weighted by molar-refractivity contribution is -0.139. The zero-order chi connectivity index (χ0) is 27.9. The van der Waals surface area contributed by atoms with Gasteiger partial charge in [-0.1, -0.05) is 42.5 Å². The number of nitrogens with one attached hydrogen (secondary N) is 1. The number of amides is 2. The molecule has 2 heterocycles. The number of hydrogen-bond acceptors (Lipinski definition) is 7. The summed E-state index contributed by atoms with van der Waals surface area (Å²) in [5.41, 5.74) is 2.69. The Labute approximate surface area is 232 Å². The van der Waals surface area contributed by atoms with E-state index < -0.39 is 11.9 Å². The van der Waals surface area contributed by atoms with Crippen LogP contribution in [0.3, 0.4) is 0 Å². The summed E-state index contributed by atoms with van der Waals surface area (Å²) in [5.74, 6) is 1.46. The van der Waals surface area contributed by atoms with Gasteiger partial charge in [-0.15, -0.1) is 0 Å². The van der Waals surface area contributed by atoms with Crippen molar-refractivity contribution in [3.8, 4) is 23.0 Å². The number of aromatic nitrogens is 1. The van der Waals surface area contributed by atoms with Gasteiger partial charge in [-0.3, -0.25) is 14.6 Å². The highest BCUT2D eigenvalue weighted by Gasteiger charge is 2.33. The highest BCUT2D eigenvalue weighted by Crippen LogP contribution is 2.36. The Morgan fingerprint density at radius 3 is 2.42 bits per heavy atom. The summed E-state index contributed by atoms with van der Waals surface area (Å²) in [6.07, 6.45) is 3.46. The maximum absolute atomic E-state index is 14.1. The zero-order valence-corrected chi connectivity index (χ0v) is 22.2. The van der Waals surface area contributed by atoms with Gasteiger partial charge in [0.1, 0.15) is 6.04 Å². The predicted octanol–water partition coefficient (Wildman–Crippen LogP) is 4.78. The SMILES string of the molecule is COc1ccc(C(C(=O)Nc2ccc3c(c2)OCO3)N(Cc2cccnc2)C(=O)Cc2ccccc2)cc1OC. The molecule has 4 aromatic rings. The van der Waals surface area contributed by atoms with Crippen molar-refractivity contribution in [1.29, 1.82) is 0 Å². The maximum atomic E-state index is 14.1. The third-order valence-corrected chi connectivity index (χ3v) is 6.52. The molecule has 9 nitrogen and oxygen atoms in total. The van der Waals surface area contributed by atoms with Gasteiger partial charge in [0.2, 0.25) is 12.7 Å². The Morgan fingerprint density at radius 2 is 1.68 bits per heavy atom. The first-order valence-corrected chi connectivity index (χ1v) is 12.7. The van der Waals surface area contributed by atoms with E-state index in [2.05, 4.69) is 10.3 Å². The van der Waals surface area contributed by atoms with E-state index in [0.717, 1.165) is 11.1 Å². The zero-order valence-electron chi connectivity index (χ0n) is 22.2. The molecule has 1 unspecified atom stereocenters. The largest absolute Gasteiger partial charge is 0.493 e. The van der Waals surface area contributed by atoms with Crippen molar-refractivity contribution in [1.82, 2.24) is 9.88 Å². The molecule has 0 aliphatic carbocycles. The quantitative estimate of drug-likeness (QED) is 0.310. The van der Waals surface area contributed by atoms with E-state index >= 15 is 0 Å². The fourth-order valence-corrected chi connectivity index (χ4v) is 4.56. The van der Waals surface area contributed by atoms with Crippen molar-refractivity contribution < 1.29 is 28.5 Å². The third-order valence-electron chi connectivity index (χ3n) is 6.52. The minimum Gasteiger partial charge on any atom is -0.493 e. The van der Waals surface area contributed by atoms with E-state index in [0.29, 0.717) is 34.2 Å². The molecule has 2 amide bonds. The van der Waals surface area contributed by atoms with Crippen LogP contribution in [0.25, 0.3) is 0 Å².